The van der Waals surface area contributed by atoms with E-state index < -0.39 is 15.6 Å². The van der Waals surface area contributed by atoms with Gasteiger partial charge in [-0.1, -0.05) is 37.1 Å². The number of nitrogens with one attached hydrogen (secondary N) is 3. The lowest BCUT2D eigenvalue weighted by molar-refractivity contribution is 0.0492. The van der Waals surface area contributed by atoms with Gasteiger partial charge >= 0.3 is 6.09 Å². The second kappa shape index (κ2) is 14.0. The molecule has 0 atom stereocenters. The Bertz CT molecular complexity index is 1880. The van der Waals surface area contributed by atoms with E-state index in [9.17, 15) is 13.2 Å². The van der Waals surface area contributed by atoms with Crippen molar-refractivity contribution < 1.29 is 22.7 Å². The number of fused-ring (bicyclic) bond motifs is 1. The van der Waals surface area contributed by atoms with Crippen LogP contribution in [-0.4, -0.2) is 52.4 Å². The Morgan fingerprint density at radius 3 is 2.31 bits per heavy atom. The normalized spacial score (nSPS) is 18.8. The third-order valence-electron chi connectivity index (χ3n) is 8.86. The minimum atomic E-state index is -3.51. The summed E-state index contributed by atoms with van der Waals surface area (Å²) in [6, 6.07) is 15.3. The molecule has 3 N–H and O–H groups in total. The molecule has 0 radical (unpaired) electrons. The number of amides is 1. The molecule has 0 saturated heterocycles. The number of hydrogen-bond acceptors (Lipinski definition) is 9. The Kier molecular flexibility index (Phi) is 9.73. The van der Waals surface area contributed by atoms with Crippen LogP contribution in [0.15, 0.2) is 60.9 Å². The van der Waals surface area contributed by atoms with Crippen LogP contribution in [0.1, 0.15) is 77.7 Å². The molecule has 1 amide bonds. The van der Waals surface area contributed by atoms with E-state index in [4.69, 9.17) is 14.5 Å². The fourth-order valence-corrected chi connectivity index (χ4v) is 8.12. The number of carbonyl (C=O) groups excluding carboxylic acids is 1. The van der Waals surface area contributed by atoms with E-state index >= 15 is 0 Å². The standard InChI is InChI=1S/C36H44N6O5S/c1-23-22-31(42-48(44,45)26-10-5-6-11-26)27-12-7-8-13-28(27)32(23)46-33-29(14-9-20-37-33)30-19-21-38-34(41-30)39-24-15-17-25(18-16-24)40-35(43)47-36(2,3)4/h7-9,12-14,19-22,24-26,42H,5-6,10-11,15-18H2,1-4H3,(H,40,43)(H,38,39,41)/t24-,25-. The number of anilines is 2. The molecule has 0 unspecified atom stereocenters. The molecule has 4 aromatic rings. The van der Waals surface area contributed by atoms with E-state index in [1.165, 1.54) is 0 Å². The maximum Gasteiger partial charge on any atom is 0.407 e. The first-order valence-corrected chi connectivity index (χ1v) is 18.3. The van der Waals surface area contributed by atoms with Crippen molar-refractivity contribution >= 4 is 38.5 Å². The smallest absolute Gasteiger partial charge is 0.407 e. The lowest BCUT2D eigenvalue weighted by Crippen LogP contribution is -2.42. The van der Waals surface area contributed by atoms with E-state index in [1.54, 1.807) is 12.4 Å². The summed E-state index contributed by atoms with van der Waals surface area (Å²) in [5, 5.41) is 7.61. The molecular formula is C36H44N6O5S. The van der Waals surface area contributed by atoms with Gasteiger partial charge in [0.2, 0.25) is 21.9 Å². The maximum atomic E-state index is 13.2. The van der Waals surface area contributed by atoms with E-state index in [0.717, 1.165) is 54.9 Å². The van der Waals surface area contributed by atoms with Gasteiger partial charge in [-0.05, 0) is 96.0 Å². The van der Waals surface area contributed by atoms with E-state index in [1.807, 2.05) is 76.2 Å². The van der Waals surface area contributed by atoms with Crippen LogP contribution in [-0.2, 0) is 14.8 Å². The van der Waals surface area contributed by atoms with Crippen molar-refractivity contribution in [1.29, 1.82) is 0 Å². The van der Waals surface area contributed by atoms with Gasteiger partial charge in [0.15, 0.2) is 0 Å². The molecule has 0 bridgehead atoms. The predicted octanol–water partition coefficient (Wildman–Crippen LogP) is 7.72. The predicted molar refractivity (Wildman–Crippen MR) is 188 cm³/mol. The second-order valence-electron chi connectivity index (χ2n) is 13.7. The highest BCUT2D eigenvalue weighted by Crippen LogP contribution is 2.40. The topological polar surface area (TPSA) is 144 Å². The number of carbonyl (C=O) groups is 1. The molecule has 48 heavy (non-hydrogen) atoms. The van der Waals surface area contributed by atoms with Crippen LogP contribution in [0.4, 0.5) is 16.4 Å². The SMILES string of the molecule is Cc1cc(NS(=O)(=O)C2CCCC2)c2ccccc2c1Oc1ncccc1-c1ccnc(N[C@H]2CC[C@H](NC(=O)OC(C)(C)C)CC2)n1. The zero-order valence-corrected chi connectivity index (χ0v) is 28.8. The Labute approximate surface area is 282 Å². The van der Waals surface area contributed by atoms with Crippen molar-refractivity contribution in [3.8, 4) is 22.9 Å². The van der Waals surface area contributed by atoms with E-state index in [2.05, 4.69) is 25.3 Å². The van der Waals surface area contributed by atoms with Crippen LogP contribution < -0.4 is 20.1 Å². The molecule has 2 aliphatic rings. The lowest BCUT2D eigenvalue weighted by atomic mass is 9.91. The molecule has 2 fully saturated rings. The number of benzene rings is 2. The average Bonchev–Trinajstić information content (AvgIpc) is 3.60. The van der Waals surface area contributed by atoms with Crippen LogP contribution in [0, 0.1) is 6.92 Å². The molecular weight excluding hydrogens is 629 g/mol. The number of ether oxygens (including phenoxy) is 2. The van der Waals surface area contributed by atoms with Crippen LogP contribution in [0.5, 0.6) is 11.6 Å². The summed E-state index contributed by atoms with van der Waals surface area (Å²) in [6.07, 6.45) is 9.60. The molecule has 0 spiro atoms. The zero-order chi connectivity index (χ0) is 33.9. The molecule has 254 valence electrons. The Hall–Kier alpha value is -4.45. The highest BCUT2D eigenvalue weighted by molar-refractivity contribution is 7.93. The third kappa shape index (κ3) is 7.98. The number of alkyl carbamates (subject to hydrolysis) is 1. The molecule has 2 heterocycles. The number of sulfonamides is 1. The Balaban J connectivity index is 1.18. The molecule has 2 aromatic heterocycles. The highest BCUT2D eigenvalue weighted by atomic mass is 32.2. The third-order valence-corrected chi connectivity index (χ3v) is 10.7. The molecule has 0 aliphatic heterocycles. The van der Waals surface area contributed by atoms with Crippen molar-refractivity contribution in [2.45, 2.75) is 102 Å². The molecule has 2 saturated carbocycles. The average molecular weight is 673 g/mol. The fraction of sp³-hybridized carbons (Fsp3) is 0.444. The molecule has 11 nitrogen and oxygen atoms in total. The van der Waals surface area contributed by atoms with Crippen molar-refractivity contribution in [2.75, 3.05) is 10.0 Å². The van der Waals surface area contributed by atoms with Crippen LogP contribution in [0.25, 0.3) is 22.0 Å². The first kappa shape index (κ1) is 33.5. The van der Waals surface area contributed by atoms with Crippen LogP contribution in [0.2, 0.25) is 0 Å². The van der Waals surface area contributed by atoms with Gasteiger partial charge in [0, 0.05) is 35.2 Å². The summed E-state index contributed by atoms with van der Waals surface area (Å²) in [6.45, 7) is 7.47. The monoisotopic (exact) mass is 672 g/mol. The van der Waals surface area contributed by atoms with Gasteiger partial charge in [0.1, 0.15) is 11.4 Å². The van der Waals surface area contributed by atoms with Gasteiger partial charge in [-0.25, -0.2) is 28.2 Å². The summed E-state index contributed by atoms with van der Waals surface area (Å²) in [5.41, 5.74) is 2.14. The quantitative estimate of drug-likeness (QED) is 0.163. The van der Waals surface area contributed by atoms with Crippen molar-refractivity contribution in [1.82, 2.24) is 20.3 Å². The van der Waals surface area contributed by atoms with Crippen molar-refractivity contribution in [2.24, 2.45) is 0 Å². The summed E-state index contributed by atoms with van der Waals surface area (Å²) >= 11 is 0. The summed E-state index contributed by atoms with van der Waals surface area (Å²) in [4.78, 5) is 26.1. The summed E-state index contributed by atoms with van der Waals surface area (Å²) in [5.74, 6) is 1.48. The number of pyridine rings is 1. The number of hydrogen-bond donors (Lipinski definition) is 3. The van der Waals surface area contributed by atoms with Gasteiger partial charge in [0.05, 0.1) is 22.2 Å². The number of nitrogens with zero attached hydrogens (tertiary/aromatic N) is 3. The summed E-state index contributed by atoms with van der Waals surface area (Å²) in [7, 11) is -3.51. The van der Waals surface area contributed by atoms with Crippen LogP contribution >= 0.6 is 0 Å². The minimum Gasteiger partial charge on any atom is -0.444 e. The minimum absolute atomic E-state index is 0.0707. The molecule has 6 rings (SSSR count). The van der Waals surface area contributed by atoms with Gasteiger partial charge in [-0.2, -0.15) is 0 Å². The highest BCUT2D eigenvalue weighted by Gasteiger charge is 2.30. The van der Waals surface area contributed by atoms with Crippen molar-refractivity contribution in [3.05, 3.63) is 66.5 Å². The largest absolute Gasteiger partial charge is 0.444 e. The lowest BCUT2D eigenvalue weighted by Gasteiger charge is -2.30. The second-order valence-corrected chi connectivity index (χ2v) is 15.7. The fourth-order valence-electron chi connectivity index (χ4n) is 6.52. The number of aryl methyl sites for hydroxylation is 1. The van der Waals surface area contributed by atoms with Crippen molar-refractivity contribution in [3.63, 3.8) is 0 Å². The first-order chi connectivity index (χ1) is 22.9. The Morgan fingerprint density at radius 1 is 0.875 bits per heavy atom. The molecule has 2 aromatic carbocycles. The Morgan fingerprint density at radius 2 is 1.58 bits per heavy atom. The van der Waals surface area contributed by atoms with Crippen LogP contribution in [0.3, 0.4) is 0 Å². The van der Waals surface area contributed by atoms with E-state index in [-0.39, 0.29) is 23.4 Å². The molecule has 12 heteroatoms. The summed E-state index contributed by atoms with van der Waals surface area (Å²) < 4.78 is 41.2. The first-order valence-electron chi connectivity index (χ1n) is 16.7. The van der Waals surface area contributed by atoms with Gasteiger partial charge in [-0.15, -0.1) is 0 Å². The van der Waals surface area contributed by atoms with E-state index in [0.29, 0.717) is 47.4 Å². The van der Waals surface area contributed by atoms with Gasteiger partial charge < -0.3 is 20.1 Å². The van der Waals surface area contributed by atoms with Gasteiger partial charge in [0.25, 0.3) is 0 Å². The number of rotatable bonds is 9. The van der Waals surface area contributed by atoms with Gasteiger partial charge in [-0.3, -0.25) is 4.72 Å². The molecule has 2 aliphatic carbocycles. The number of aromatic nitrogens is 3. The maximum absolute atomic E-state index is 13.2. The zero-order valence-electron chi connectivity index (χ0n) is 28.0.